The average molecular weight is 322 g/mol. The maximum absolute atomic E-state index is 12.4. The zero-order valence-corrected chi connectivity index (χ0v) is 11.9. The second-order valence-electron chi connectivity index (χ2n) is 4.24. The minimum Gasteiger partial charge on any atom is -0.478 e. The Morgan fingerprint density at radius 1 is 0.864 bits per heavy atom. The third-order valence-electron chi connectivity index (χ3n) is 2.78. The molecule has 1 atom stereocenters. The first kappa shape index (κ1) is 15.8. The van der Waals surface area contributed by atoms with E-state index in [0.717, 1.165) is 12.1 Å². The van der Waals surface area contributed by atoms with Crippen molar-refractivity contribution in [2.45, 2.75) is 0 Å². The summed E-state index contributed by atoms with van der Waals surface area (Å²) in [6, 6.07) is 10.4. The Morgan fingerprint density at radius 3 is 1.95 bits per heavy atom. The van der Waals surface area contributed by atoms with Gasteiger partial charge in [0.1, 0.15) is 11.3 Å². The van der Waals surface area contributed by atoms with Crippen molar-refractivity contribution in [1.29, 1.82) is 0 Å². The summed E-state index contributed by atoms with van der Waals surface area (Å²) in [5.41, 5.74) is -0.689. The fourth-order valence-corrected chi connectivity index (χ4v) is 3.08. The molecular formula is C14H11O7P. The van der Waals surface area contributed by atoms with Crippen molar-refractivity contribution < 1.29 is 33.8 Å². The summed E-state index contributed by atoms with van der Waals surface area (Å²) >= 11 is 0. The first-order valence-corrected chi connectivity index (χ1v) is 7.58. The van der Waals surface area contributed by atoms with E-state index in [2.05, 4.69) is 0 Å². The third-order valence-corrected chi connectivity index (χ3v) is 4.22. The predicted molar refractivity (Wildman–Crippen MR) is 76.9 cm³/mol. The molecule has 114 valence electrons. The van der Waals surface area contributed by atoms with E-state index in [1.165, 1.54) is 36.4 Å². The average Bonchev–Trinajstić information content (AvgIpc) is 2.47. The van der Waals surface area contributed by atoms with Crippen molar-refractivity contribution in [3.8, 4) is 5.75 Å². The largest absolute Gasteiger partial charge is 0.478 e. The van der Waals surface area contributed by atoms with Gasteiger partial charge in [0, 0.05) is 0 Å². The SMILES string of the molecule is O=C(O)c1ccccc1OP(=O)(O)c1ccccc1C(=O)O. The second kappa shape index (κ2) is 6.01. The molecule has 0 aliphatic rings. The van der Waals surface area contributed by atoms with Gasteiger partial charge in [0.05, 0.1) is 10.9 Å². The highest BCUT2D eigenvalue weighted by Crippen LogP contribution is 2.43. The number of para-hydroxylation sites is 1. The Morgan fingerprint density at radius 2 is 1.36 bits per heavy atom. The number of hydrogen-bond acceptors (Lipinski definition) is 4. The topological polar surface area (TPSA) is 121 Å². The molecule has 2 rings (SSSR count). The molecule has 0 spiro atoms. The van der Waals surface area contributed by atoms with Crippen LogP contribution in [0.15, 0.2) is 48.5 Å². The van der Waals surface area contributed by atoms with Crippen LogP contribution in [0.1, 0.15) is 20.7 Å². The minimum atomic E-state index is -4.57. The lowest BCUT2D eigenvalue weighted by atomic mass is 10.2. The molecule has 2 aromatic carbocycles. The van der Waals surface area contributed by atoms with Gasteiger partial charge in [0.15, 0.2) is 0 Å². The molecule has 0 saturated carbocycles. The summed E-state index contributed by atoms with van der Waals surface area (Å²) in [7, 11) is -4.57. The number of carbonyl (C=O) groups is 2. The van der Waals surface area contributed by atoms with E-state index in [9.17, 15) is 19.0 Å². The van der Waals surface area contributed by atoms with Crippen LogP contribution in [0.4, 0.5) is 0 Å². The van der Waals surface area contributed by atoms with Crippen LogP contribution in [0.5, 0.6) is 5.75 Å². The molecule has 0 aromatic heterocycles. The highest BCUT2D eigenvalue weighted by Gasteiger charge is 2.31. The molecule has 0 heterocycles. The number of hydrogen-bond donors (Lipinski definition) is 3. The van der Waals surface area contributed by atoms with E-state index in [4.69, 9.17) is 14.7 Å². The van der Waals surface area contributed by atoms with Crippen LogP contribution in [-0.2, 0) is 4.57 Å². The summed E-state index contributed by atoms with van der Waals surface area (Å²) < 4.78 is 17.3. The standard InChI is InChI=1S/C14H11O7P/c15-13(16)9-5-1-3-7-11(9)21-22(19,20)12-8-4-2-6-10(12)14(17)18/h1-8H,(H,15,16)(H,17,18)(H,19,20). The Bertz CT molecular complexity index is 784. The Hall–Kier alpha value is -2.63. The van der Waals surface area contributed by atoms with Gasteiger partial charge >= 0.3 is 19.5 Å². The zero-order valence-electron chi connectivity index (χ0n) is 11.0. The zero-order chi connectivity index (χ0) is 16.3. The quantitative estimate of drug-likeness (QED) is 0.719. The Kier molecular flexibility index (Phi) is 4.30. The highest BCUT2D eigenvalue weighted by atomic mass is 31.2. The molecule has 0 saturated heterocycles. The number of rotatable bonds is 5. The van der Waals surface area contributed by atoms with Gasteiger partial charge in [-0.2, -0.15) is 0 Å². The molecule has 0 amide bonds. The Labute approximate surface area is 125 Å². The molecule has 0 aliphatic heterocycles. The number of carboxylic acid groups (broad SMARTS) is 2. The first-order valence-electron chi connectivity index (χ1n) is 6.00. The predicted octanol–water partition coefficient (Wildman–Crippen LogP) is 1.97. The lowest BCUT2D eigenvalue weighted by Crippen LogP contribution is -2.18. The van der Waals surface area contributed by atoms with Crippen LogP contribution < -0.4 is 9.83 Å². The van der Waals surface area contributed by atoms with E-state index in [0.29, 0.717) is 0 Å². The summed E-state index contributed by atoms with van der Waals surface area (Å²) in [6.07, 6.45) is 0. The van der Waals surface area contributed by atoms with Gasteiger partial charge in [-0.25, -0.2) is 14.2 Å². The highest BCUT2D eigenvalue weighted by molar-refractivity contribution is 7.61. The van der Waals surface area contributed by atoms with Crippen molar-refractivity contribution in [3.63, 3.8) is 0 Å². The van der Waals surface area contributed by atoms with Gasteiger partial charge in [-0.15, -0.1) is 0 Å². The van der Waals surface area contributed by atoms with Crippen LogP contribution in [0.3, 0.4) is 0 Å². The Balaban J connectivity index is 2.48. The van der Waals surface area contributed by atoms with E-state index in [1.54, 1.807) is 0 Å². The molecule has 7 nitrogen and oxygen atoms in total. The van der Waals surface area contributed by atoms with Crippen molar-refractivity contribution >= 4 is 24.8 Å². The van der Waals surface area contributed by atoms with Gasteiger partial charge in [-0.1, -0.05) is 24.3 Å². The van der Waals surface area contributed by atoms with E-state index in [1.807, 2.05) is 0 Å². The van der Waals surface area contributed by atoms with Gasteiger partial charge in [-0.05, 0) is 24.3 Å². The molecule has 0 fully saturated rings. The fraction of sp³-hybridized carbons (Fsp3) is 0. The van der Waals surface area contributed by atoms with Crippen LogP contribution in [0.25, 0.3) is 0 Å². The lowest BCUT2D eigenvalue weighted by molar-refractivity contribution is 0.0684. The van der Waals surface area contributed by atoms with Crippen LogP contribution in [0.2, 0.25) is 0 Å². The summed E-state index contributed by atoms with van der Waals surface area (Å²) in [4.78, 5) is 32.2. The number of aromatic carboxylic acids is 2. The van der Waals surface area contributed by atoms with Crippen molar-refractivity contribution in [3.05, 3.63) is 59.7 Å². The molecule has 8 heteroatoms. The second-order valence-corrected chi connectivity index (χ2v) is 5.94. The van der Waals surface area contributed by atoms with Crippen molar-refractivity contribution in [2.24, 2.45) is 0 Å². The van der Waals surface area contributed by atoms with Crippen LogP contribution in [0, 0.1) is 0 Å². The number of benzene rings is 2. The summed E-state index contributed by atoms with van der Waals surface area (Å²) in [5, 5.41) is 17.7. The van der Waals surface area contributed by atoms with E-state index >= 15 is 0 Å². The maximum Gasteiger partial charge on any atom is 0.409 e. The molecule has 0 radical (unpaired) electrons. The normalized spacial score (nSPS) is 13.1. The van der Waals surface area contributed by atoms with Crippen molar-refractivity contribution in [1.82, 2.24) is 0 Å². The molecule has 2 aromatic rings. The monoisotopic (exact) mass is 322 g/mol. The maximum atomic E-state index is 12.4. The van der Waals surface area contributed by atoms with Gasteiger partial charge < -0.3 is 19.6 Å². The first-order chi connectivity index (χ1) is 10.3. The van der Waals surface area contributed by atoms with Gasteiger partial charge in [0.2, 0.25) is 0 Å². The number of carboxylic acids is 2. The van der Waals surface area contributed by atoms with Gasteiger partial charge in [-0.3, -0.25) is 0 Å². The van der Waals surface area contributed by atoms with E-state index in [-0.39, 0.29) is 16.9 Å². The molecule has 0 bridgehead atoms. The molecule has 0 aliphatic carbocycles. The van der Waals surface area contributed by atoms with Crippen molar-refractivity contribution in [2.75, 3.05) is 0 Å². The van der Waals surface area contributed by atoms with Gasteiger partial charge in [0.25, 0.3) is 0 Å². The molecule has 22 heavy (non-hydrogen) atoms. The van der Waals surface area contributed by atoms with Crippen LogP contribution >= 0.6 is 7.60 Å². The smallest absolute Gasteiger partial charge is 0.409 e. The summed E-state index contributed by atoms with van der Waals surface area (Å²) in [6.45, 7) is 0. The van der Waals surface area contributed by atoms with Crippen LogP contribution in [-0.4, -0.2) is 27.0 Å². The molecule has 3 N–H and O–H groups in total. The summed E-state index contributed by atoms with van der Waals surface area (Å²) in [5.74, 6) is -3.04. The minimum absolute atomic E-state index is 0.301. The lowest BCUT2D eigenvalue weighted by Gasteiger charge is -2.16. The molecular weight excluding hydrogens is 311 g/mol. The third kappa shape index (κ3) is 3.16. The fourth-order valence-electron chi connectivity index (χ4n) is 1.81. The molecule has 1 unspecified atom stereocenters. The van der Waals surface area contributed by atoms with E-state index < -0.39 is 24.8 Å².